The van der Waals surface area contributed by atoms with Gasteiger partial charge in [0.2, 0.25) is 0 Å². The summed E-state index contributed by atoms with van der Waals surface area (Å²) in [6.45, 7) is 16.5. The number of nitrogens with zero attached hydrogens (tertiary/aromatic N) is 1. The number of likely N-dealkylation sites (N-methyl/N-ethyl adjacent to an activating group) is 1. The molecule has 0 amide bonds. The molecule has 1 aromatic carbocycles. The van der Waals surface area contributed by atoms with Crippen LogP contribution in [0.25, 0.3) is 0 Å². The van der Waals surface area contributed by atoms with E-state index in [1.807, 2.05) is 19.9 Å². The molecule has 0 bridgehead atoms. The van der Waals surface area contributed by atoms with Crippen molar-refractivity contribution in [2.75, 3.05) is 26.2 Å². The Hall–Kier alpha value is -1.02. The van der Waals surface area contributed by atoms with Gasteiger partial charge in [-0.1, -0.05) is 33.8 Å². The summed E-state index contributed by atoms with van der Waals surface area (Å²) >= 11 is 0. The predicted octanol–water partition coefficient (Wildman–Crippen LogP) is 4.05. The Bertz CT molecular complexity index is 319. The van der Waals surface area contributed by atoms with Crippen LogP contribution in [-0.4, -0.2) is 31.1 Å². The van der Waals surface area contributed by atoms with E-state index in [0.29, 0.717) is 0 Å². The number of benzene rings is 1. The fourth-order valence-corrected chi connectivity index (χ4v) is 1.64. The van der Waals surface area contributed by atoms with Crippen molar-refractivity contribution in [2.45, 2.75) is 41.5 Å². The molecule has 0 atom stereocenters. The molecule has 0 aliphatic heterocycles. The monoisotopic (exact) mass is 251 g/mol. The lowest BCUT2D eigenvalue weighted by molar-refractivity contribution is 0.222. The third-order valence-electron chi connectivity index (χ3n) is 3.05. The van der Waals surface area contributed by atoms with Crippen LogP contribution in [0, 0.1) is 13.8 Å². The van der Waals surface area contributed by atoms with Crippen LogP contribution in [0.2, 0.25) is 0 Å². The Kier molecular flexibility index (Phi) is 9.39. The Balaban J connectivity index is 0.00000137. The molecule has 0 radical (unpaired) electrons. The average molecular weight is 251 g/mol. The summed E-state index contributed by atoms with van der Waals surface area (Å²) in [4.78, 5) is 2.36. The molecule has 104 valence electrons. The van der Waals surface area contributed by atoms with Crippen LogP contribution in [0.3, 0.4) is 0 Å². The highest BCUT2D eigenvalue weighted by Crippen LogP contribution is 2.16. The van der Waals surface area contributed by atoms with Crippen molar-refractivity contribution >= 4 is 0 Å². The summed E-state index contributed by atoms with van der Waals surface area (Å²) in [7, 11) is 0. The summed E-state index contributed by atoms with van der Waals surface area (Å²) in [6, 6.07) is 6.27. The number of hydrogen-bond donors (Lipinski definition) is 0. The summed E-state index contributed by atoms with van der Waals surface area (Å²) in [5.41, 5.74) is 2.61. The second kappa shape index (κ2) is 9.95. The highest BCUT2D eigenvalue weighted by molar-refractivity contribution is 5.33. The van der Waals surface area contributed by atoms with Gasteiger partial charge in [-0.05, 0) is 50.2 Å². The summed E-state index contributed by atoms with van der Waals surface area (Å²) < 4.78 is 5.73. The Morgan fingerprint density at radius 3 is 2.11 bits per heavy atom. The van der Waals surface area contributed by atoms with Crippen LogP contribution in [0.1, 0.15) is 38.8 Å². The molecule has 0 aromatic heterocycles. The van der Waals surface area contributed by atoms with E-state index in [2.05, 4.69) is 44.7 Å². The summed E-state index contributed by atoms with van der Waals surface area (Å²) in [5, 5.41) is 0. The fourth-order valence-electron chi connectivity index (χ4n) is 1.64. The normalized spacial score (nSPS) is 9.94. The molecule has 0 saturated carbocycles. The van der Waals surface area contributed by atoms with E-state index in [0.717, 1.165) is 32.0 Å². The van der Waals surface area contributed by atoms with Crippen LogP contribution in [0.5, 0.6) is 5.75 Å². The van der Waals surface area contributed by atoms with Gasteiger partial charge < -0.3 is 9.64 Å². The second-order valence-corrected chi connectivity index (χ2v) is 4.12. The summed E-state index contributed by atoms with van der Waals surface area (Å²) in [6.07, 6.45) is 0. The standard InChI is InChI=1S/C14H23NO.C2H6/c1-5-15(6-2)9-10-16-14-8-7-12(3)13(4)11-14;1-2/h7-8,11H,5-6,9-10H2,1-4H3;1-2H3. The van der Waals surface area contributed by atoms with E-state index < -0.39 is 0 Å². The van der Waals surface area contributed by atoms with Gasteiger partial charge in [0.1, 0.15) is 12.4 Å². The highest BCUT2D eigenvalue weighted by Gasteiger charge is 2.00. The molecule has 0 fully saturated rings. The molecule has 0 spiro atoms. The van der Waals surface area contributed by atoms with Crippen molar-refractivity contribution in [3.63, 3.8) is 0 Å². The van der Waals surface area contributed by atoms with Gasteiger partial charge in [-0.2, -0.15) is 0 Å². The predicted molar refractivity (Wildman–Crippen MR) is 80.5 cm³/mol. The van der Waals surface area contributed by atoms with Crippen LogP contribution >= 0.6 is 0 Å². The van der Waals surface area contributed by atoms with Crippen LogP contribution < -0.4 is 4.74 Å². The maximum atomic E-state index is 5.73. The van der Waals surface area contributed by atoms with Crippen molar-refractivity contribution in [2.24, 2.45) is 0 Å². The molecule has 1 aromatic rings. The molecule has 1 rings (SSSR count). The number of ether oxygens (including phenoxy) is 1. The minimum Gasteiger partial charge on any atom is -0.492 e. The maximum absolute atomic E-state index is 5.73. The largest absolute Gasteiger partial charge is 0.492 e. The third-order valence-corrected chi connectivity index (χ3v) is 3.05. The SMILES string of the molecule is CC.CCN(CC)CCOc1ccc(C)c(C)c1. The van der Waals surface area contributed by atoms with Gasteiger partial charge in [-0.3, -0.25) is 0 Å². The van der Waals surface area contributed by atoms with Gasteiger partial charge in [0.05, 0.1) is 0 Å². The molecular formula is C16H29NO. The molecule has 0 aliphatic rings. The molecule has 18 heavy (non-hydrogen) atoms. The molecule has 0 saturated heterocycles. The summed E-state index contributed by atoms with van der Waals surface area (Å²) in [5.74, 6) is 0.982. The van der Waals surface area contributed by atoms with Crippen molar-refractivity contribution in [3.05, 3.63) is 29.3 Å². The number of rotatable bonds is 6. The van der Waals surface area contributed by atoms with Gasteiger partial charge >= 0.3 is 0 Å². The van der Waals surface area contributed by atoms with E-state index >= 15 is 0 Å². The minimum atomic E-state index is 0.768. The third kappa shape index (κ3) is 6.06. The van der Waals surface area contributed by atoms with Crippen LogP contribution in [0.4, 0.5) is 0 Å². The Labute approximate surface area is 113 Å². The zero-order chi connectivity index (χ0) is 14.0. The second-order valence-electron chi connectivity index (χ2n) is 4.12. The molecule has 0 aliphatic carbocycles. The zero-order valence-corrected chi connectivity index (χ0v) is 12.9. The number of hydrogen-bond acceptors (Lipinski definition) is 2. The fraction of sp³-hybridized carbons (Fsp3) is 0.625. The maximum Gasteiger partial charge on any atom is 0.119 e. The van der Waals surface area contributed by atoms with Gasteiger partial charge in [-0.15, -0.1) is 0 Å². The molecular weight excluding hydrogens is 222 g/mol. The molecule has 0 heterocycles. The smallest absolute Gasteiger partial charge is 0.119 e. The molecule has 2 heteroatoms. The lowest BCUT2D eigenvalue weighted by atomic mass is 10.1. The van der Waals surface area contributed by atoms with E-state index in [-0.39, 0.29) is 0 Å². The van der Waals surface area contributed by atoms with Crippen molar-refractivity contribution < 1.29 is 4.74 Å². The van der Waals surface area contributed by atoms with Crippen molar-refractivity contribution in [3.8, 4) is 5.75 Å². The van der Waals surface area contributed by atoms with Gasteiger partial charge in [-0.25, -0.2) is 0 Å². The Morgan fingerprint density at radius 2 is 1.61 bits per heavy atom. The van der Waals surface area contributed by atoms with Crippen LogP contribution in [0.15, 0.2) is 18.2 Å². The van der Waals surface area contributed by atoms with E-state index in [1.54, 1.807) is 0 Å². The van der Waals surface area contributed by atoms with Gasteiger partial charge in [0.25, 0.3) is 0 Å². The molecule has 0 unspecified atom stereocenters. The van der Waals surface area contributed by atoms with Gasteiger partial charge in [0.15, 0.2) is 0 Å². The van der Waals surface area contributed by atoms with Gasteiger partial charge in [0, 0.05) is 6.54 Å². The topological polar surface area (TPSA) is 12.5 Å². The first kappa shape index (κ1) is 17.0. The van der Waals surface area contributed by atoms with E-state index in [4.69, 9.17) is 4.74 Å². The quantitative estimate of drug-likeness (QED) is 0.756. The lowest BCUT2D eigenvalue weighted by Gasteiger charge is -2.18. The van der Waals surface area contributed by atoms with Crippen LogP contribution in [-0.2, 0) is 0 Å². The average Bonchev–Trinajstić information content (AvgIpc) is 2.41. The van der Waals surface area contributed by atoms with Crippen molar-refractivity contribution in [1.29, 1.82) is 0 Å². The van der Waals surface area contributed by atoms with E-state index in [9.17, 15) is 0 Å². The van der Waals surface area contributed by atoms with E-state index in [1.165, 1.54) is 11.1 Å². The molecule has 0 N–H and O–H groups in total. The molecule has 2 nitrogen and oxygen atoms in total. The first-order chi connectivity index (χ1) is 8.67. The number of aryl methyl sites for hydroxylation is 2. The minimum absolute atomic E-state index is 0.768. The first-order valence-electron chi connectivity index (χ1n) is 7.09. The first-order valence-corrected chi connectivity index (χ1v) is 7.09. The lowest BCUT2D eigenvalue weighted by Crippen LogP contribution is -2.27. The zero-order valence-electron chi connectivity index (χ0n) is 12.9. The Morgan fingerprint density at radius 1 is 1.00 bits per heavy atom. The van der Waals surface area contributed by atoms with Crippen molar-refractivity contribution in [1.82, 2.24) is 4.90 Å². The highest BCUT2D eigenvalue weighted by atomic mass is 16.5.